The monoisotopic (exact) mass is 219 g/mol. The molecule has 2 rings (SSSR count). The van der Waals surface area contributed by atoms with Gasteiger partial charge in [-0.2, -0.15) is 5.26 Å². The fourth-order valence-electron chi connectivity index (χ4n) is 1.59. The summed E-state index contributed by atoms with van der Waals surface area (Å²) in [5.41, 5.74) is 3.40. The maximum atomic E-state index is 8.58. The van der Waals surface area contributed by atoms with Crippen LogP contribution < -0.4 is 0 Å². The number of rotatable bonds is 3. The van der Waals surface area contributed by atoms with Crippen molar-refractivity contribution in [2.75, 3.05) is 0 Å². The Kier molecular flexibility index (Phi) is 3.72. The van der Waals surface area contributed by atoms with Gasteiger partial charge in [0.1, 0.15) is 0 Å². The van der Waals surface area contributed by atoms with Crippen molar-refractivity contribution in [3.63, 3.8) is 0 Å². The number of nitrogens with zero attached hydrogens (tertiary/aromatic N) is 1. The Morgan fingerprint density at radius 2 is 1.41 bits per heavy atom. The van der Waals surface area contributed by atoms with Crippen LogP contribution in [0.4, 0.5) is 0 Å². The summed E-state index contributed by atoms with van der Waals surface area (Å²) in [6, 6.07) is 20.4. The van der Waals surface area contributed by atoms with Crippen LogP contribution >= 0.6 is 0 Å². The summed E-state index contributed by atoms with van der Waals surface area (Å²) in [7, 11) is 0. The maximum absolute atomic E-state index is 8.58. The second-order valence-corrected chi connectivity index (χ2v) is 3.82. The second kappa shape index (κ2) is 5.67. The van der Waals surface area contributed by atoms with E-state index in [9.17, 15) is 0 Å². The molecule has 2 aromatic rings. The lowest BCUT2D eigenvalue weighted by molar-refractivity contribution is 1.26. The lowest BCUT2D eigenvalue weighted by atomic mass is 10.1. The van der Waals surface area contributed by atoms with E-state index in [0.29, 0.717) is 6.42 Å². The van der Waals surface area contributed by atoms with Gasteiger partial charge in [0.05, 0.1) is 12.5 Å². The zero-order valence-electron chi connectivity index (χ0n) is 9.51. The third-order valence-electron chi connectivity index (χ3n) is 2.53. The van der Waals surface area contributed by atoms with Gasteiger partial charge in [-0.1, -0.05) is 66.7 Å². The molecule has 1 heteroatoms. The van der Waals surface area contributed by atoms with E-state index in [1.165, 1.54) is 5.56 Å². The highest BCUT2D eigenvalue weighted by Crippen LogP contribution is 2.09. The molecule has 0 saturated carbocycles. The van der Waals surface area contributed by atoms with Crippen LogP contribution in [-0.2, 0) is 6.42 Å². The lowest BCUT2D eigenvalue weighted by Crippen LogP contribution is -1.80. The summed E-state index contributed by atoms with van der Waals surface area (Å²) in [4.78, 5) is 0. The van der Waals surface area contributed by atoms with E-state index in [2.05, 4.69) is 30.4 Å². The highest BCUT2D eigenvalue weighted by molar-refractivity contribution is 5.69. The van der Waals surface area contributed by atoms with Crippen LogP contribution in [0.2, 0.25) is 0 Å². The molecule has 0 heterocycles. The van der Waals surface area contributed by atoms with E-state index < -0.39 is 0 Å². The van der Waals surface area contributed by atoms with Crippen LogP contribution in [0, 0.1) is 11.3 Å². The minimum atomic E-state index is 0.475. The van der Waals surface area contributed by atoms with Gasteiger partial charge in [0.15, 0.2) is 0 Å². The largest absolute Gasteiger partial charge is 0.198 e. The van der Waals surface area contributed by atoms with Crippen molar-refractivity contribution in [1.82, 2.24) is 0 Å². The SMILES string of the molecule is N#CCc1ccc(/C=C/c2ccccc2)cc1. The summed E-state index contributed by atoms with van der Waals surface area (Å²) in [5, 5.41) is 8.58. The molecule has 0 N–H and O–H groups in total. The molecule has 0 aromatic heterocycles. The zero-order chi connectivity index (χ0) is 11.9. The minimum Gasteiger partial charge on any atom is -0.198 e. The molecule has 0 aliphatic heterocycles. The molecule has 0 unspecified atom stereocenters. The van der Waals surface area contributed by atoms with Crippen LogP contribution in [0.25, 0.3) is 12.2 Å². The van der Waals surface area contributed by atoms with Crippen molar-refractivity contribution in [2.24, 2.45) is 0 Å². The topological polar surface area (TPSA) is 23.8 Å². The summed E-state index contributed by atoms with van der Waals surface area (Å²) < 4.78 is 0. The normalized spacial score (nSPS) is 10.3. The highest BCUT2D eigenvalue weighted by Gasteiger charge is 1.91. The maximum Gasteiger partial charge on any atom is 0.0669 e. The lowest BCUT2D eigenvalue weighted by Gasteiger charge is -1.96. The van der Waals surface area contributed by atoms with Crippen LogP contribution in [0.5, 0.6) is 0 Å². The first-order valence-corrected chi connectivity index (χ1v) is 5.57. The van der Waals surface area contributed by atoms with Crippen LogP contribution in [0.1, 0.15) is 16.7 Å². The smallest absolute Gasteiger partial charge is 0.0669 e. The molecule has 0 radical (unpaired) electrons. The molecule has 0 spiro atoms. The Hall–Kier alpha value is -2.33. The van der Waals surface area contributed by atoms with Gasteiger partial charge in [0.25, 0.3) is 0 Å². The summed E-state index contributed by atoms with van der Waals surface area (Å²) in [6.45, 7) is 0. The van der Waals surface area contributed by atoms with Crippen LogP contribution in [0.3, 0.4) is 0 Å². The van der Waals surface area contributed by atoms with E-state index >= 15 is 0 Å². The highest BCUT2D eigenvalue weighted by atomic mass is 14.2. The van der Waals surface area contributed by atoms with E-state index in [4.69, 9.17) is 5.26 Å². The van der Waals surface area contributed by atoms with Crippen molar-refractivity contribution < 1.29 is 0 Å². The summed E-state index contributed by atoms with van der Waals surface area (Å²) in [6.07, 6.45) is 4.63. The van der Waals surface area contributed by atoms with Crippen molar-refractivity contribution >= 4 is 12.2 Å². The van der Waals surface area contributed by atoms with Gasteiger partial charge in [-0.05, 0) is 16.7 Å². The van der Waals surface area contributed by atoms with Gasteiger partial charge in [0.2, 0.25) is 0 Å². The predicted molar refractivity (Wildman–Crippen MR) is 71.1 cm³/mol. The molecule has 17 heavy (non-hydrogen) atoms. The first-order chi connectivity index (χ1) is 8.38. The van der Waals surface area contributed by atoms with Crippen LogP contribution in [-0.4, -0.2) is 0 Å². The van der Waals surface area contributed by atoms with Crippen molar-refractivity contribution in [1.29, 1.82) is 5.26 Å². The molecule has 0 atom stereocenters. The molecular formula is C16H13N. The molecule has 0 bridgehead atoms. The second-order valence-electron chi connectivity index (χ2n) is 3.82. The zero-order valence-corrected chi connectivity index (χ0v) is 9.51. The number of nitriles is 1. The Labute approximate surface area is 102 Å². The average molecular weight is 219 g/mol. The molecular weight excluding hydrogens is 206 g/mol. The molecule has 0 aliphatic rings. The fourth-order valence-corrected chi connectivity index (χ4v) is 1.59. The van der Waals surface area contributed by atoms with E-state index in [0.717, 1.165) is 11.1 Å². The Morgan fingerprint density at radius 1 is 0.824 bits per heavy atom. The molecule has 0 fully saturated rings. The first-order valence-electron chi connectivity index (χ1n) is 5.57. The minimum absolute atomic E-state index is 0.475. The van der Waals surface area contributed by atoms with Gasteiger partial charge in [-0.3, -0.25) is 0 Å². The number of hydrogen-bond acceptors (Lipinski definition) is 1. The van der Waals surface area contributed by atoms with E-state index in [1.54, 1.807) is 0 Å². The molecule has 82 valence electrons. The van der Waals surface area contributed by atoms with Crippen molar-refractivity contribution in [3.05, 3.63) is 71.3 Å². The average Bonchev–Trinajstić information content (AvgIpc) is 2.40. The van der Waals surface area contributed by atoms with Crippen molar-refractivity contribution in [3.8, 4) is 6.07 Å². The summed E-state index contributed by atoms with van der Waals surface area (Å²) in [5.74, 6) is 0. The van der Waals surface area contributed by atoms with Gasteiger partial charge in [-0.25, -0.2) is 0 Å². The predicted octanol–water partition coefficient (Wildman–Crippen LogP) is 3.92. The first kappa shape index (κ1) is 11.2. The third kappa shape index (κ3) is 3.32. The molecule has 2 aromatic carbocycles. The Balaban J connectivity index is 2.09. The fraction of sp³-hybridized carbons (Fsp3) is 0.0625. The van der Waals surface area contributed by atoms with E-state index in [1.807, 2.05) is 42.5 Å². The number of benzene rings is 2. The molecule has 0 amide bonds. The van der Waals surface area contributed by atoms with E-state index in [-0.39, 0.29) is 0 Å². The Morgan fingerprint density at radius 3 is 2.00 bits per heavy atom. The van der Waals surface area contributed by atoms with Crippen molar-refractivity contribution in [2.45, 2.75) is 6.42 Å². The summed E-state index contributed by atoms with van der Waals surface area (Å²) >= 11 is 0. The Bertz CT molecular complexity index is 530. The van der Waals surface area contributed by atoms with Gasteiger partial charge < -0.3 is 0 Å². The molecule has 1 nitrogen and oxygen atoms in total. The standard InChI is InChI=1S/C16H13N/c17-13-12-16-10-8-15(9-11-16)7-6-14-4-2-1-3-5-14/h1-11H,12H2/b7-6+. The molecule has 0 saturated heterocycles. The van der Waals surface area contributed by atoms with Crippen LogP contribution in [0.15, 0.2) is 54.6 Å². The van der Waals surface area contributed by atoms with Gasteiger partial charge >= 0.3 is 0 Å². The quantitative estimate of drug-likeness (QED) is 0.718. The molecule has 0 aliphatic carbocycles. The third-order valence-corrected chi connectivity index (χ3v) is 2.53. The van der Waals surface area contributed by atoms with Gasteiger partial charge in [0, 0.05) is 0 Å². The number of hydrogen-bond donors (Lipinski definition) is 0. The van der Waals surface area contributed by atoms with Gasteiger partial charge in [-0.15, -0.1) is 0 Å².